The van der Waals surface area contributed by atoms with Crippen LogP contribution in [0.3, 0.4) is 0 Å². The summed E-state index contributed by atoms with van der Waals surface area (Å²) in [4.78, 5) is 11.8. The number of nitrogens with one attached hydrogen (secondary N) is 1. The lowest BCUT2D eigenvalue weighted by Gasteiger charge is -2.13. The fourth-order valence-electron chi connectivity index (χ4n) is 2.29. The lowest BCUT2D eigenvalue weighted by Crippen LogP contribution is -2.14. The molecule has 1 aliphatic heterocycles. The van der Waals surface area contributed by atoms with Gasteiger partial charge in [-0.05, 0) is 32.9 Å². The molecular formula is C15H22N2O3. The Morgan fingerprint density at radius 3 is 3.05 bits per heavy atom. The van der Waals surface area contributed by atoms with Gasteiger partial charge < -0.3 is 20.5 Å². The summed E-state index contributed by atoms with van der Waals surface area (Å²) >= 11 is 0. The van der Waals surface area contributed by atoms with E-state index in [2.05, 4.69) is 5.32 Å². The molecule has 0 unspecified atom stereocenters. The molecule has 1 heterocycles. The van der Waals surface area contributed by atoms with Crippen LogP contribution in [-0.2, 0) is 11.2 Å². The average Bonchev–Trinajstić information content (AvgIpc) is 2.76. The number of fused-ring (bicyclic) bond motifs is 1. The molecule has 20 heavy (non-hydrogen) atoms. The Morgan fingerprint density at radius 1 is 1.55 bits per heavy atom. The predicted molar refractivity (Wildman–Crippen MR) is 78.3 cm³/mol. The minimum absolute atomic E-state index is 0.0533. The number of hydrogen-bond donors (Lipinski definition) is 2. The number of carbonyl (C=O) groups is 1. The zero-order valence-corrected chi connectivity index (χ0v) is 12.1. The molecule has 0 aliphatic carbocycles. The average molecular weight is 278 g/mol. The molecule has 2 rings (SSSR count). The fourth-order valence-corrected chi connectivity index (χ4v) is 2.29. The number of rotatable bonds is 6. The van der Waals surface area contributed by atoms with E-state index in [1.165, 1.54) is 0 Å². The van der Waals surface area contributed by atoms with Crippen LogP contribution < -0.4 is 20.5 Å². The highest BCUT2D eigenvalue weighted by Crippen LogP contribution is 2.38. The van der Waals surface area contributed by atoms with Crippen LogP contribution in [0.5, 0.6) is 11.5 Å². The second-order valence-corrected chi connectivity index (χ2v) is 4.96. The Balaban J connectivity index is 2.18. The Morgan fingerprint density at radius 2 is 2.35 bits per heavy atom. The molecule has 0 aromatic heterocycles. The van der Waals surface area contributed by atoms with E-state index in [1.807, 2.05) is 26.0 Å². The van der Waals surface area contributed by atoms with E-state index in [1.54, 1.807) is 0 Å². The standard InChI is InChI=1S/C15H22N2O3/c1-3-19-14-8-11-7-10(2)20-13(11)9-12(14)17-15(18)5-4-6-16/h8-10H,3-7,16H2,1-2H3,(H,17,18)/t10-/m0/s1. The minimum Gasteiger partial charge on any atom is -0.492 e. The molecule has 5 heteroatoms. The highest BCUT2D eigenvalue weighted by molar-refractivity contribution is 5.92. The monoisotopic (exact) mass is 278 g/mol. The van der Waals surface area contributed by atoms with Crippen molar-refractivity contribution in [2.45, 2.75) is 39.2 Å². The second-order valence-electron chi connectivity index (χ2n) is 4.96. The van der Waals surface area contributed by atoms with Crippen LogP contribution in [0.15, 0.2) is 12.1 Å². The summed E-state index contributed by atoms with van der Waals surface area (Å²) in [6, 6.07) is 3.81. The molecule has 1 atom stereocenters. The molecule has 0 bridgehead atoms. The Labute approximate surface area is 119 Å². The highest BCUT2D eigenvalue weighted by Gasteiger charge is 2.22. The van der Waals surface area contributed by atoms with Gasteiger partial charge in [-0.3, -0.25) is 4.79 Å². The van der Waals surface area contributed by atoms with Gasteiger partial charge in [0.05, 0.1) is 12.3 Å². The van der Waals surface area contributed by atoms with Gasteiger partial charge >= 0.3 is 0 Å². The largest absolute Gasteiger partial charge is 0.492 e. The number of ether oxygens (including phenoxy) is 2. The maximum atomic E-state index is 11.8. The second kappa shape index (κ2) is 6.61. The smallest absolute Gasteiger partial charge is 0.224 e. The first kappa shape index (κ1) is 14.7. The summed E-state index contributed by atoms with van der Waals surface area (Å²) in [5.41, 5.74) is 7.21. The molecule has 1 amide bonds. The molecule has 0 saturated carbocycles. The quantitative estimate of drug-likeness (QED) is 0.835. The van der Waals surface area contributed by atoms with Gasteiger partial charge in [-0.25, -0.2) is 0 Å². The number of anilines is 1. The maximum absolute atomic E-state index is 11.8. The van der Waals surface area contributed by atoms with Gasteiger partial charge in [-0.2, -0.15) is 0 Å². The van der Waals surface area contributed by atoms with E-state index in [4.69, 9.17) is 15.2 Å². The summed E-state index contributed by atoms with van der Waals surface area (Å²) < 4.78 is 11.3. The molecule has 3 N–H and O–H groups in total. The van der Waals surface area contributed by atoms with Crippen LogP contribution in [0.4, 0.5) is 5.69 Å². The number of nitrogens with two attached hydrogens (primary N) is 1. The number of hydrogen-bond acceptors (Lipinski definition) is 4. The molecule has 1 aromatic carbocycles. The molecule has 1 aromatic rings. The van der Waals surface area contributed by atoms with E-state index in [9.17, 15) is 4.79 Å². The van der Waals surface area contributed by atoms with Crippen LogP contribution in [0.2, 0.25) is 0 Å². The van der Waals surface area contributed by atoms with E-state index < -0.39 is 0 Å². The van der Waals surface area contributed by atoms with Crippen LogP contribution >= 0.6 is 0 Å². The van der Waals surface area contributed by atoms with E-state index >= 15 is 0 Å². The van der Waals surface area contributed by atoms with Gasteiger partial charge in [0.2, 0.25) is 5.91 Å². The first-order chi connectivity index (χ1) is 9.63. The topological polar surface area (TPSA) is 73.6 Å². The van der Waals surface area contributed by atoms with Gasteiger partial charge in [-0.1, -0.05) is 0 Å². The predicted octanol–water partition coefficient (Wildman–Crippen LogP) is 2.09. The van der Waals surface area contributed by atoms with Crippen molar-refractivity contribution in [3.63, 3.8) is 0 Å². The van der Waals surface area contributed by atoms with Crippen LogP contribution in [0.1, 0.15) is 32.3 Å². The summed E-state index contributed by atoms with van der Waals surface area (Å²) in [6.07, 6.45) is 2.13. The van der Waals surface area contributed by atoms with Gasteiger partial charge in [0.15, 0.2) is 0 Å². The zero-order chi connectivity index (χ0) is 14.5. The fraction of sp³-hybridized carbons (Fsp3) is 0.533. The molecule has 0 radical (unpaired) electrons. The van der Waals surface area contributed by atoms with Crippen LogP contribution in [0, 0.1) is 0 Å². The molecule has 0 saturated heterocycles. The van der Waals surface area contributed by atoms with Gasteiger partial charge in [0.25, 0.3) is 0 Å². The Hall–Kier alpha value is -1.75. The minimum atomic E-state index is -0.0533. The molecule has 0 fully saturated rings. The Kier molecular flexibility index (Phi) is 4.84. The first-order valence-corrected chi connectivity index (χ1v) is 7.10. The third kappa shape index (κ3) is 3.42. The van der Waals surface area contributed by atoms with E-state index in [0.29, 0.717) is 37.4 Å². The summed E-state index contributed by atoms with van der Waals surface area (Å²) in [5.74, 6) is 1.47. The van der Waals surface area contributed by atoms with Gasteiger partial charge in [0, 0.05) is 24.5 Å². The normalized spacial score (nSPS) is 16.4. The van der Waals surface area contributed by atoms with Crippen LogP contribution in [0.25, 0.3) is 0 Å². The van der Waals surface area contributed by atoms with Crippen molar-refractivity contribution in [1.82, 2.24) is 0 Å². The third-order valence-corrected chi connectivity index (χ3v) is 3.18. The molecule has 1 aliphatic rings. The summed E-state index contributed by atoms with van der Waals surface area (Å²) in [6.45, 7) is 5.02. The lowest BCUT2D eigenvalue weighted by molar-refractivity contribution is -0.116. The Bertz CT molecular complexity index is 488. The first-order valence-electron chi connectivity index (χ1n) is 7.10. The summed E-state index contributed by atoms with van der Waals surface area (Å²) in [5, 5.41) is 2.88. The molecular weight excluding hydrogens is 256 g/mol. The van der Waals surface area contributed by atoms with Crippen molar-refractivity contribution in [3.8, 4) is 11.5 Å². The van der Waals surface area contributed by atoms with Crippen molar-refractivity contribution in [3.05, 3.63) is 17.7 Å². The van der Waals surface area contributed by atoms with Crippen molar-refractivity contribution in [2.75, 3.05) is 18.5 Å². The van der Waals surface area contributed by atoms with Crippen molar-refractivity contribution < 1.29 is 14.3 Å². The van der Waals surface area contributed by atoms with Gasteiger partial charge in [0.1, 0.15) is 17.6 Å². The number of amides is 1. The molecule has 5 nitrogen and oxygen atoms in total. The van der Waals surface area contributed by atoms with Crippen LogP contribution in [-0.4, -0.2) is 25.2 Å². The molecule has 110 valence electrons. The van der Waals surface area contributed by atoms with Crippen molar-refractivity contribution in [2.24, 2.45) is 5.73 Å². The maximum Gasteiger partial charge on any atom is 0.224 e. The zero-order valence-electron chi connectivity index (χ0n) is 12.1. The molecule has 0 spiro atoms. The van der Waals surface area contributed by atoms with E-state index in [0.717, 1.165) is 17.7 Å². The highest BCUT2D eigenvalue weighted by atomic mass is 16.5. The SMILES string of the molecule is CCOc1cc2c(cc1NC(=O)CCCN)O[C@@H](C)C2. The summed E-state index contributed by atoms with van der Waals surface area (Å²) in [7, 11) is 0. The number of carbonyl (C=O) groups excluding carboxylic acids is 1. The number of benzene rings is 1. The van der Waals surface area contributed by atoms with Crippen molar-refractivity contribution >= 4 is 11.6 Å². The van der Waals surface area contributed by atoms with E-state index in [-0.39, 0.29) is 12.0 Å². The van der Waals surface area contributed by atoms with Gasteiger partial charge in [-0.15, -0.1) is 0 Å². The lowest BCUT2D eigenvalue weighted by atomic mass is 10.1. The third-order valence-electron chi connectivity index (χ3n) is 3.18. The van der Waals surface area contributed by atoms with Crippen molar-refractivity contribution in [1.29, 1.82) is 0 Å².